The van der Waals surface area contributed by atoms with Crippen molar-refractivity contribution < 1.29 is 18.1 Å². The molecule has 0 aromatic heterocycles. The SMILES string of the molecule is CC[C@@H](C(=O)N[C@H](C)c1ccc(C)cc1)N(c1cc([N+](=O)[O-])ccc1C)S(C)(=O)=O. The molecule has 2 aromatic rings. The van der Waals surface area contributed by atoms with Gasteiger partial charge in [-0.25, -0.2) is 8.42 Å². The quantitative estimate of drug-likeness (QED) is 0.505. The molecule has 0 saturated heterocycles. The molecule has 0 heterocycles. The maximum absolute atomic E-state index is 13.1. The predicted molar refractivity (Wildman–Crippen MR) is 117 cm³/mol. The maximum Gasteiger partial charge on any atom is 0.271 e. The van der Waals surface area contributed by atoms with Crippen LogP contribution in [0.1, 0.15) is 43.0 Å². The number of rotatable bonds is 8. The summed E-state index contributed by atoms with van der Waals surface area (Å²) in [6.07, 6.45) is 1.19. The molecule has 2 aromatic carbocycles. The van der Waals surface area contributed by atoms with Gasteiger partial charge in [0.1, 0.15) is 6.04 Å². The number of non-ortho nitro benzene ring substituents is 1. The van der Waals surface area contributed by atoms with Crippen molar-refractivity contribution in [2.45, 2.75) is 46.2 Å². The lowest BCUT2D eigenvalue weighted by atomic mass is 10.1. The van der Waals surface area contributed by atoms with Gasteiger partial charge in [-0.1, -0.05) is 42.8 Å². The fourth-order valence-corrected chi connectivity index (χ4v) is 4.49. The normalized spacial score (nSPS) is 13.4. The van der Waals surface area contributed by atoms with E-state index in [0.29, 0.717) is 5.56 Å². The summed E-state index contributed by atoms with van der Waals surface area (Å²) in [5, 5.41) is 14.1. The molecule has 0 saturated carbocycles. The number of hydrogen-bond donors (Lipinski definition) is 1. The predicted octanol–water partition coefficient (Wildman–Crippen LogP) is 3.63. The average molecular weight is 434 g/mol. The van der Waals surface area contributed by atoms with Crippen LogP contribution in [0.5, 0.6) is 0 Å². The highest BCUT2D eigenvalue weighted by Gasteiger charge is 2.33. The van der Waals surface area contributed by atoms with E-state index in [-0.39, 0.29) is 23.8 Å². The third kappa shape index (κ3) is 5.35. The summed E-state index contributed by atoms with van der Waals surface area (Å²) < 4.78 is 26.3. The number of carbonyl (C=O) groups is 1. The molecule has 0 aliphatic heterocycles. The molecule has 2 rings (SSSR count). The number of nitro benzene ring substituents is 1. The smallest absolute Gasteiger partial charge is 0.271 e. The Hall–Kier alpha value is -2.94. The number of nitrogens with zero attached hydrogens (tertiary/aromatic N) is 2. The minimum absolute atomic E-state index is 0.122. The summed E-state index contributed by atoms with van der Waals surface area (Å²) in [5.74, 6) is -0.470. The largest absolute Gasteiger partial charge is 0.348 e. The molecule has 30 heavy (non-hydrogen) atoms. The van der Waals surface area contributed by atoms with Crippen molar-refractivity contribution in [2.24, 2.45) is 0 Å². The Morgan fingerprint density at radius 2 is 1.77 bits per heavy atom. The molecule has 0 unspecified atom stereocenters. The van der Waals surface area contributed by atoms with Gasteiger partial charge in [-0.3, -0.25) is 19.2 Å². The van der Waals surface area contributed by atoms with Gasteiger partial charge in [0.2, 0.25) is 15.9 Å². The van der Waals surface area contributed by atoms with E-state index >= 15 is 0 Å². The fraction of sp³-hybridized carbons (Fsp3) is 0.381. The van der Waals surface area contributed by atoms with Gasteiger partial charge in [0.05, 0.1) is 22.9 Å². The number of sulfonamides is 1. The molecule has 2 atom stereocenters. The van der Waals surface area contributed by atoms with E-state index in [1.165, 1.54) is 18.2 Å². The molecular weight excluding hydrogens is 406 g/mol. The molecule has 0 aliphatic rings. The van der Waals surface area contributed by atoms with Crippen molar-refractivity contribution in [3.8, 4) is 0 Å². The van der Waals surface area contributed by atoms with Crippen LogP contribution in [0.2, 0.25) is 0 Å². The van der Waals surface area contributed by atoms with Crippen molar-refractivity contribution in [3.05, 3.63) is 69.3 Å². The molecule has 0 fully saturated rings. The highest BCUT2D eigenvalue weighted by molar-refractivity contribution is 7.92. The van der Waals surface area contributed by atoms with Crippen LogP contribution in [-0.2, 0) is 14.8 Å². The zero-order chi connectivity index (χ0) is 22.6. The van der Waals surface area contributed by atoms with Gasteiger partial charge >= 0.3 is 0 Å². The van der Waals surface area contributed by atoms with Crippen LogP contribution in [0, 0.1) is 24.0 Å². The van der Waals surface area contributed by atoms with Crippen molar-refractivity contribution in [1.29, 1.82) is 0 Å². The summed E-state index contributed by atoms with van der Waals surface area (Å²) in [4.78, 5) is 23.7. The number of carbonyl (C=O) groups excluding carboxylic acids is 1. The van der Waals surface area contributed by atoms with E-state index in [1.54, 1.807) is 13.8 Å². The second-order valence-corrected chi connectivity index (χ2v) is 9.21. The highest BCUT2D eigenvalue weighted by atomic mass is 32.2. The van der Waals surface area contributed by atoms with Gasteiger partial charge in [-0.15, -0.1) is 0 Å². The first kappa shape index (κ1) is 23.3. The number of anilines is 1. The first-order valence-corrected chi connectivity index (χ1v) is 11.4. The first-order chi connectivity index (χ1) is 14.0. The Morgan fingerprint density at radius 3 is 2.27 bits per heavy atom. The van der Waals surface area contributed by atoms with Crippen LogP contribution in [0.3, 0.4) is 0 Å². The first-order valence-electron chi connectivity index (χ1n) is 9.57. The Morgan fingerprint density at radius 1 is 1.17 bits per heavy atom. The van der Waals surface area contributed by atoms with Crippen LogP contribution in [-0.4, -0.2) is 31.5 Å². The lowest BCUT2D eigenvalue weighted by Gasteiger charge is -2.32. The molecule has 162 valence electrons. The van der Waals surface area contributed by atoms with Crippen molar-refractivity contribution >= 4 is 27.3 Å². The van der Waals surface area contributed by atoms with Crippen LogP contribution in [0.25, 0.3) is 0 Å². The van der Waals surface area contributed by atoms with E-state index in [1.807, 2.05) is 38.1 Å². The second kappa shape index (κ2) is 9.25. The maximum atomic E-state index is 13.1. The number of nitro groups is 1. The third-order valence-corrected chi connectivity index (χ3v) is 6.07. The standard InChI is InChI=1S/C21H27N3O5S/c1-6-19(21(25)22-16(4)17-10-7-14(2)8-11-17)23(30(5,28)29)20-13-18(24(26)27)12-9-15(20)3/h7-13,16,19H,6H2,1-5H3,(H,22,25)/t16-,19+/m1/s1. The van der Waals surface area contributed by atoms with E-state index in [9.17, 15) is 23.3 Å². The highest BCUT2D eigenvalue weighted by Crippen LogP contribution is 2.30. The zero-order valence-corrected chi connectivity index (χ0v) is 18.6. The molecule has 1 N–H and O–H groups in total. The molecule has 8 nitrogen and oxygen atoms in total. The number of amides is 1. The van der Waals surface area contributed by atoms with Crippen molar-refractivity contribution in [3.63, 3.8) is 0 Å². The molecule has 0 spiro atoms. The summed E-state index contributed by atoms with van der Waals surface area (Å²) in [6.45, 7) is 7.13. The molecule has 0 radical (unpaired) electrons. The van der Waals surface area contributed by atoms with Crippen LogP contribution >= 0.6 is 0 Å². The molecular formula is C21H27N3O5S. The van der Waals surface area contributed by atoms with Gasteiger partial charge in [0.15, 0.2) is 0 Å². The monoisotopic (exact) mass is 433 g/mol. The van der Waals surface area contributed by atoms with E-state index < -0.39 is 26.9 Å². The molecule has 0 aliphatic carbocycles. The van der Waals surface area contributed by atoms with Crippen molar-refractivity contribution in [1.82, 2.24) is 5.32 Å². The Kier molecular flexibility index (Phi) is 7.20. The van der Waals surface area contributed by atoms with Gasteiger partial charge in [-0.05, 0) is 38.3 Å². The zero-order valence-electron chi connectivity index (χ0n) is 17.7. The topological polar surface area (TPSA) is 110 Å². The Balaban J connectivity index is 2.42. The molecule has 0 bridgehead atoms. The number of aryl methyl sites for hydroxylation is 2. The molecule has 1 amide bonds. The Bertz CT molecular complexity index is 1040. The van der Waals surface area contributed by atoms with E-state index in [0.717, 1.165) is 21.7 Å². The lowest BCUT2D eigenvalue weighted by Crippen LogP contribution is -2.50. The average Bonchev–Trinajstić information content (AvgIpc) is 2.66. The Labute approximate surface area is 177 Å². The van der Waals surface area contributed by atoms with Crippen LogP contribution < -0.4 is 9.62 Å². The minimum Gasteiger partial charge on any atom is -0.348 e. The van der Waals surface area contributed by atoms with Crippen LogP contribution in [0.4, 0.5) is 11.4 Å². The number of hydrogen-bond acceptors (Lipinski definition) is 5. The number of benzene rings is 2. The summed E-state index contributed by atoms with van der Waals surface area (Å²) in [5.41, 5.74) is 2.38. The number of nitrogens with one attached hydrogen (secondary N) is 1. The summed E-state index contributed by atoms with van der Waals surface area (Å²) in [7, 11) is -3.90. The summed E-state index contributed by atoms with van der Waals surface area (Å²) in [6, 6.07) is 10.3. The second-order valence-electron chi connectivity index (χ2n) is 7.35. The van der Waals surface area contributed by atoms with Crippen molar-refractivity contribution in [2.75, 3.05) is 10.6 Å². The van der Waals surface area contributed by atoms with Gasteiger partial charge in [0, 0.05) is 12.1 Å². The minimum atomic E-state index is -3.90. The third-order valence-electron chi connectivity index (χ3n) is 4.91. The van der Waals surface area contributed by atoms with E-state index in [4.69, 9.17) is 0 Å². The summed E-state index contributed by atoms with van der Waals surface area (Å²) >= 11 is 0. The van der Waals surface area contributed by atoms with Crippen LogP contribution in [0.15, 0.2) is 42.5 Å². The molecule has 9 heteroatoms. The van der Waals surface area contributed by atoms with E-state index in [2.05, 4.69) is 5.32 Å². The van der Waals surface area contributed by atoms with Gasteiger partial charge in [-0.2, -0.15) is 0 Å². The van der Waals surface area contributed by atoms with Gasteiger partial charge < -0.3 is 5.32 Å². The van der Waals surface area contributed by atoms with Gasteiger partial charge in [0.25, 0.3) is 5.69 Å². The lowest BCUT2D eigenvalue weighted by molar-refractivity contribution is -0.384. The fourth-order valence-electron chi connectivity index (χ4n) is 3.23.